The van der Waals surface area contributed by atoms with Gasteiger partial charge in [-0.25, -0.2) is 9.78 Å². The fourth-order valence-electron chi connectivity index (χ4n) is 6.88. The van der Waals surface area contributed by atoms with Crippen molar-refractivity contribution in [2.75, 3.05) is 25.6 Å². The number of benzene rings is 2. The van der Waals surface area contributed by atoms with Gasteiger partial charge in [0, 0.05) is 55.2 Å². The topological polar surface area (TPSA) is 145 Å². The van der Waals surface area contributed by atoms with Gasteiger partial charge >= 0.3 is 5.69 Å². The van der Waals surface area contributed by atoms with Gasteiger partial charge in [-0.05, 0) is 55.0 Å². The van der Waals surface area contributed by atoms with Crippen molar-refractivity contribution in [3.05, 3.63) is 91.2 Å². The van der Waals surface area contributed by atoms with E-state index in [1.54, 1.807) is 14.2 Å². The maximum atomic E-state index is 13.1. The van der Waals surface area contributed by atoms with Gasteiger partial charge < -0.3 is 25.2 Å². The standard InChI is InChI=1S/C35H36ClN7O5/c1-18-20(7-6-10-23(18)39-32-30-27(16-37-41-32)42(2)35(46)43(3)34(30)45)21-8-5-9-22(31(21)36)26-15-19-11-12-25(29(19)33(40-26)47-4)38-24-13-14-48-17-28(24)44/h5-10,15-16,24-25,28,38,44H,11-14,17H2,1-4H3,(H,39,41)/t24-,25-,28-/m0/s1. The second-order valence-electron chi connectivity index (χ2n) is 12.3. The molecule has 1 aliphatic heterocycles. The Hall–Kier alpha value is -4.62. The van der Waals surface area contributed by atoms with E-state index in [2.05, 4.69) is 26.9 Å². The van der Waals surface area contributed by atoms with Gasteiger partial charge in [-0.15, -0.1) is 5.10 Å². The number of aromatic nitrogens is 5. The largest absolute Gasteiger partial charge is 0.481 e. The predicted molar refractivity (Wildman–Crippen MR) is 184 cm³/mol. The zero-order valence-electron chi connectivity index (χ0n) is 27.1. The van der Waals surface area contributed by atoms with Gasteiger partial charge in [0.2, 0.25) is 5.88 Å². The van der Waals surface area contributed by atoms with Crippen molar-refractivity contribution in [1.29, 1.82) is 0 Å². The fourth-order valence-corrected chi connectivity index (χ4v) is 7.21. The molecule has 3 N–H and O–H groups in total. The molecule has 1 aliphatic carbocycles. The summed E-state index contributed by atoms with van der Waals surface area (Å²) in [5, 5.41) is 26.4. The number of aryl methyl sites for hydroxylation is 2. The van der Waals surface area contributed by atoms with Crippen molar-refractivity contribution in [3.8, 4) is 28.3 Å². The zero-order chi connectivity index (χ0) is 33.7. The molecular weight excluding hydrogens is 634 g/mol. The van der Waals surface area contributed by atoms with Gasteiger partial charge in [0.25, 0.3) is 5.56 Å². The van der Waals surface area contributed by atoms with Crippen molar-refractivity contribution in [1.82, 2.24) is 29.6 Å². The number of pyridine rings is 1. The molecule has 3 aromatic heterocycles. The summed E-state index contributed by atoms with van der Waals surface area (Å²) in [6, 6.07) is 13.7. The van der Waals surface area contributed by atoms with Gasteiger partial charge in [0.15, 0.2) is 5.82 Å². The molecule has 0 unspecified atom stereocenters. The number of aliphatic hydroxyl groups excluding tert-OH is 1. The lowest BCUT2D eigenvalue weighted by molar-refractivity contribution is -0.0304. The molecule has 248 valence electrons. The van der Waals surface area contributed by atoms with Gasteiger partial charge in [-0.2, -0.15) is 5.10 Å². The number of rotatable bonds is 7. The zero-order valence-corrected chi connectivity index (χ0v) is 27.8. The summed E-state index contributed by atoms with van der Waals surface area (Å²) in [7, 11) is 4.66. The number of fused-ring (bicyclic) bond motifs is 2. The lowest BCUT2D eigenvalue weighted by Crippen LogP contribution is -2.47. The molecule has 7 rings (SSSR count). The summed E-state index contributed by atoms with van der Waals surface area (Å²) in [5.41, 5.74) is 6.39. The van der Waals surface area contributed by atoms with E-state index in [0.717, 1.165) is 57.2 Å². The molecule has 0 saturated carbocycles. The Kier molecular flexibility index (Phi) is 8.50. The monoisotopic (exact) mass is 669 g/mol. The maximum Gasteiger partial charge on any atom is 0.330 e. The van der Waals surface area contributed by atoms with Crippen molar-refractivity contribution < 1.29 is 14.6 Å². The number of aliphatic hydroxyl groups is 1. The summed E-state index contributed by atoms with van der Waals surface area (Å²) < 4.78 is 13.7. The molecule has 2 aromatic carbocycles. The number of hydrogen-bond donors (Lipinski definition) is 3. The number of ether oxygens (including phenoxy) is 2. The molecular formula is C35H36ClN7O5. The minimum absolute atomic E-state index is 0.0189. The van der Waals surface area contributed by atoms with Crippen molar-refractivity contribution >= 4 is 34.0 Å². The Labute approximate surface area is 281 Å². The highest BCUT2D eigenvalue weighted by molar-refractivity contribution is 6.36. The van der Waals surface area contributed by atoms with E-state index in [1.165, 1.54) is 17.8 Å². The molecule has 5 aromatic rings. The number of nitrogens with zero attached hydrogens (tertiary/aromatic N) is 5. The van der Waals surface area contributed by atoms with Crippen LogP contribution in [0.2, 0.25) is 5.02 Å². The van der Waals surface area contributed by atoms with E-state index in [-0.39, 0.29) is 23.3 Å². The van der Waals surface area contributed by atoms with Crippen LogP contribution >= 0.6 is 11.6 Å². The summed E-state index contributed by atoms with van der Waals surface area (Å²) in [6.07, 6.45) is 3.32. The average Bonchev–Trinajstić information content (AvgIpc) is 3.50. The minimum atomic E-state index is -0.553. The molecule has 13 heteroatoms. The molecule has 4 heterocycles. The van der Waals surface area contributed by atoms with Gasteiger partial charge in [0.05, 0.1) is 42.3 Å². The van der Waals surface area contributed by atoms with Gasteiger partial charge in [-0.3, -0.25) is 13.9 Å². The first-order valence-electron chi connectivity index (χ1n) is 15.8. The predicted octanol–water partition coefficient (Wildman–Crippen LogP) is 4.20. The first-order chi connectivity index (χ1) is 23.2. The fraction of sp³-hybridized carbons (Fsp3) is 0.343. The Bertz CT molecular complexity index is 2180. The van der Waals surface area contributed by atoms with Crippen molar-refractivity contribution in [3.63, 3.8) is 0 Å². The van der Waals surface area contributed by atoms with Crippen LogP contribution in [-0.2, 0) is 25.3 Å². The molecule has 1 saturated heterocycles. The van der Waals surface area contributed by atoms with Crippen LogP contribution in [0.15, 0.2) is 58.3 Å². The van der Waals surface area contributed by atoms with Crippen LogP contribution < -0.4 is 26.6 Å². The third-order valence-electron chi connectivity index (χ3n) is 9.53. The Balaban J connectivity index is 1.24. The van der Waals surface area contributed by atoms with E-state index < -0.39 is 17.4 Å². The smallest absolute Gasteiger partial charge is 0.330 e. The van der Waals surface area contributed by atoms with E-state index >= 15 is 0 Å². The quantitative estimate of drug-likeness (QED) is 0.231. The number of halogens is 1. The van der Waals surface area contributed by atoms with Crippen molar-refractivity contribution in [2.45, 2.75) is 44.4 Å². The Morgan fingerprint density at radius 3 is 2.62 bits per heavy atom. The SMILES string of the molecule is COc1nc(-c2cccc(-c3cccc(Nc4nncc5c4c(=O)n(C)c(=O)n5C)c3C)c2Cl)cc2c1[C@@H](N[C@H]1CCOC[C@@H]1O)CC2. The van der Waals surface area contributed by atoms with Crippen LogP contribution in [0.25, 0.3) is 33.3 Å². The molecule has 48 heavy (non-hydrogen) atoms. The molecule has 0 spiro atoms. The third kappa shape index (κ3) is 5.44. The number of methoxy groups -OCH3 is 1. The van der Waals surface area contributed by atoms with Crippen molar-refractivity contribution in [2.24, 2.45) is 14.1 Å². The summed E-state index contributed by atoms with van der Waals surface area (Å²) in [6.45, 7) is 2.92. The molecule has 12 nitrogen and oxygen atoms in total. The molecule has 1 fully saturated rings. The minimum Gasteiger partial charge on any atom is -0.481 e. The van der Waals surface area contributed by atoms with Crippen LogP contribution in [0.1, 0.15) is 35.6 Å². The highest BCUT2D eigenvalue weighted by Crippen LogP contribution is 2.43. The van der Waals surface area contributed by atoms with E-state index in [4.69, 9.17) is 26.1 Å². The second kappa shape index (κ2) is 12.8. The first kappa shape index (κ1) is 32.0. The molecule has 0 bridgehead atoms. The molecule has 0 amide bonds. The average molecular weight is 670 g/mol. The lowest BCUT2D eigenvalue weighted by atomic mass is 9.96. The Morgan fingerprint density at radius 2 is 1.83 bits per heavy atom. The highest BCUT2D eigenvalue weighted by atomic mass is 35.5. The van der Waals surface area contributed by atoms with Gasteiger partial charge in [-0.1, -0.05) is 41.9 Å². The van der Waals surface area contributed by atoms with Crippen LogP contribution in [-0.4, -0.2) is 61.9 Å². The second-order valence-corrected chi connectivity index (χ2v) is 12.7. The lowest BCUT2D eigenvalue weighted by Gasteiger charge is -2.31. The molecule has 3 atom stereocenters. The normalized spacial score (nSPS) is 19.0. The van der Waals surface area contributed by atoms with Crippen LogP contribution in [0.3, 0.4) is 0 Å². The van der Waals surface area contributed by atoms with E-state index in [1.807, 2.05) is 43.3 Å². The first-order valence-corrected chi connectivity index (χ1v) is 16.2. The van der Waals surface area contributed by atoms with Crippen LogP contribution in [0, 0.1) is 6.92 Å². The van der Waals surface area contributed by atoms with Crippen LogP contribution in [0.4, 0.5) is 11.5 Å². The number of anilines is 2. The number of hydrogen-bond acceptors (Lipinski definition) is 10. The van der Waals surface area contributed by atoms with E-state index in [9.17, 15) is 14.7 Å². The van der Waals surface area contributed by atoms with E-state index in [0.29, 0.717) is 41.0 Å². The molecule has 0 radical (unpaired) electrons. The third-order valence-corrected chi connectivity index (χ3v) is 9.94. The summed E-state index contributed by atoms with van der Waals surface area (Å²) in [5.74, 6) is 0.792. The maximum absolute atomic E-state index is 13.1. The highest BCUT2D eigenvalue weighted by Gasteiger charge is 2.33. The number of nitrogens with one attached hydrogen (secondary N) is 2. The summed E-state index contributed by atoms with van der Waals surface area (Å²) >= 11 is 7.18. The van der Waals surface area contributed by atoms with Crippen LogP contribution in [0.5, 0.6) is 5.88 Å². The summed E-state index contributed by atoms with van der Waals surface area (Å²) in [4.78, 5) is 30.6. The Morgan fingerprint density at radius 1 is 1.06 bits per heavy atom. The molecule has 2 aliphatic rings. The van der Waals surface area contributed by atoms with Gasteiger partial charge in [0.1, 0.15) is 5.39 Å².